The molecule has 1 fully saturated rings. The van der Waals surface area contributed by atoms with E-state index in [9.17, 15) is 9.59 Å². The zero-order valence-corrected chi connectivity index (χ0v) is 18.0. The highest BCUT2D eigenvalue weighted by Crippen LogP contribution is 2.28. The molecule has 7 heteroatoms. The van der Waals surface area contributed by atoms with E-state index >= 15 is 0 Å². The average Bonchev–Trinajstić information content (AvgIpc) is 3.44. The zero-order chi connectivity index (χ0) is 21.8. The molecule has 2 aromatic heterocycles. The number of aryl methyl sites for hydroxylation is 1. The lowest BCUT2D eigenvalue weighted by Crippen LogP contribution is -2.30. The van der Waals surface area contributed by atoms with Crippen LogP contribution in [0.15, 0.2) is 47.1 Å². The molecule has 1 aromatic carbocycles. The highest BCUT2D eigenvalue weighted by atomic mass is 16.5. The van der Waals surface area contributed by atoms with E-state index in [4.69, 9.17) is 9.15 Å². The van der Waals surface area contributed by atoms with Crippen molar-refractivity contribution in [3.05, 3.63) is 54.1 Å². The van der Waals surface area contributed by atoms with Crippen LogP contribution >= 0.6 is 0 Å². The van der Waals surface area contributed by atoms with Crippen molar-refractivity contribution in [3.8, 4) is 0 Å². The van der Waals surface area contributed by atoms with Gasteiger partial charge < -0.3 is 24.4 Å². The number of hydrogen-bond donors (Lipinski definition) is 2. The Balaban J connectivity index is 1.49. The molecule has 1 aliphatic carbocycles. The van der Waals surface area contributed by atoms with Gasteiger partial charge in [0.1, 0.15) is 11.5 Å². The first kappa shape index (κ1) is 21.2. The molecule has 0 unspecified atom stereocenters. The van der Waals surface area contributed by atoms with Gasteiger partial charge in [-0.1, -0.05) is 6.42 Å². The summed E-state index contributed by atoms with van der Waals surface area (Å²) in [7, 11) is 1.71. The van der Waals surface area contributed by atoms with Crippen molar-refractivity contribution < 1.29 is 18.7 Å². The monoisotopic (exact) mass is 423 g/mol. The van der Waals surface area contributed by atoms with E-state index in [1.54, 1.807) is 19.4 Å². The van der Waals surface area contributed by atoms with Crippen LogP contribution in [0.3, 0.4) is 0 Å². The number of aromatic nitrogens is 1. The third-order valence-corrected chi connectivity index (χ3v) is 6.05. The van der Waals surface area contributed by atoms with Crippen molar-refractivity contribution in [2.24, 2.45) is 5.92 Å². The van der Waals surface area contributed by atoms with Crippen molar-refractivity contribution in [2.75, 3.05) is 12.4 Å². The summed E-state index contributed by atoms with van der Waals surface area (Å²) >= 11 is 0. The van der Waals surface area contributed by atoms with Gasteiger partial charge in [-0.25, -0.2) is 0 Å². The molecule has 7 nitrogen and oxygen atoms in total. The van der Waals surface area contributed by atoms with Gasteiger partial charge in [0, 0.05) is 36.2 Å². The summed E-state index contributed by atoms with van der Waals surface area (Å²) in [6.45, 7) is 3.01. The average molecular weight is 424 g/mol. The largest absolute Gasteiger partial charge is 0.467 e. The molecular weight excluding hydrogens is 394 g/mol. The normalized spacial score (nSPS) is 18.8. The Labute approximate surface area is 181 Å². The predicted octanol–water partition coefficient (Wildman–Crippen LogP) is 4.33. The quantitative estimate of drug-likeness (QED) is 0.592. The number of rotatable bonds is 7. The SMILES string of the molecule is CCn1c(C(=O)NCc2ccco2)cc2cc(NC(=O)[C@@H]3CCC[C@H](OC)C3)ccc21. The fourth-order valence-corrected chi connectivity index (χ4v) is 4.39. The van der Waals surface area contributed by atoms with Crippen LogP contribution in [0.25, 0.3) is 10.9 Å². The molecule has 2 N–H and O–H groups in total. The number of furan rings is 1. The number of amides is 2. The number of hydrogen-bond acceptors (Lipinski definition) is 4. The van der Waals surface area contributed by atoms with Crippen molar-refractivity contribution >= 4 is 28.4 Å². The first-order valence-corrected chi connectivity index (χ1v) is 10.9. The van der Waals surface area contributed by atoms with Gasteiger partial charge in [-0.2, -0.15) is 0 Å². The molecule has 0 saturated heterocycles. The predicted molar refractivity (Wildman–Crippen MR) is 119 cm³/mol. The van der Waals surface area contributed by atoms with Gasteiger partial charge >= 0.3 is 0 Å². The lowest BCUT2D eigenvalue weighted by Gasteiger charge is -2.27. The third kappa shape index (κ3) is 4.66. The van der Waals surface area contributed by atoms with Gasteiger partial charge in [0.25, 0.3) is 5.91 Å². The maximum atomic E-state index is 12.8. The van der Waals surface area contributed by atoms with Crippen LogP contribution in [0.1, 0.15) is 48.9 Å². The molecule has 2 amide bonds. The standard InChI is InChI=1S/C24H29N3O4/c1-3-27-21-10-9-18(26-23(28)16-6-4-7-19(13-16)30-2)12-17(21)14-22(27)24(29)25-15-20-8-5-11-31-20/h5,8-12,14,16,19H,3-4,6-7,13,15H2,1-2H3,(H,25,29)(H,26,28)/t16-,19+/m1/s1. The number of carbonyl (C=O) groups excluding carboxylic acids is 2. The number of ether oxygens (including phenoxy) is 1. The van der Waals surface area contributed by atoms with E-state index in [0.29, 0.717) is 24.5 Å². The molecule has 0 bridgehead atoms. The van der Waals surface area contributed by atoms with Gasteiger partial charge in [0.2, 0.25) is 5.91 Å². The van der Waals surface area contributed by atoms with Crippen molar-refractivity contribution in [3.63, 3.8) is 0 Å². The molecule has 0 aliphatic heterocycles. The van der Waals surface area contributed by atoms with Gasteiger partial charge in [0.05, 0.1) is 18.9 Å². The molecule has 2 heterocycles. The Morgan fingerprint density at radius 1 is 1.23 bits per heavy atom. The second kappa shape index (κ2) is 9.39. The van der Waals surface area contributed by atoms with Crippen LogP contribution in [0.5, 0.6) is 0 Å². The van der Waals surface area contributed by atoms with Crippen molar-refractivity contribution in [1.82, 2.24) is 9.88 Å². The molecule has 31 heavy (non-hydrogen) atoms. The van der Waals surface area contributed by atoms with Gasteiger partial charge in [0.15, 0.2) is 0 Å². The molecule has 4 rings (SSSR count). The minimum atomic E-state index is -0.159. The Kier molecular flexibility index (Phi) is 6.42. The number of anilines is 1. The fourth-order valence-electron chi connectivity index (χ4n) is 4.39. The second-order valence-corrected chi connectivity index (χ2v) is 8.02. The number of fused-ring (bicyclic) bond motifs is 1. The van der Waals surface area contributed by atoms with Crippen molar-refractivity contribution in [2.45, 2.75) is 51.8 Å². The minimum absolute atomic E-state index is 0.0300. The van der Waals surface area contributed by atoms with Crippen LogP contribution in [-0.4, -0.2) is 29.6 Å². The number of carbonyl (C=O) groups is 2. The summed E-state index contributed by atoms with van der Waals surface area (Å²) in [5.41, 5.74) is 2.29. The van der Waals surface area contributed by atoms with Crippen LogP contribution in [0.4, 0.5) is 5.69 Å². The smallest absolute Gasteiger partial charge is 0.268 e. The summed E-state index contributed by atoms with van der Waals surface area (Å²) in [4.78, 5) is 25.5. The second-order valence-electron chi connectivity index (χ2n) is 8.02. The third-order valence-electron chi connectivity index (χ3n) is 6.05. The molecule has 1 aliphatic rings. The summed E-state index contributed by atoms with van der Waals surface area (Å²) in [6, 6.07) is 11.3. The van der Waals surface area contributed by atoms with E-state index in [2.05, 4.69) is 10.6 Å². The van der Waals surface area contributed by atoms with Crippen LogP contribution in [-0.2, 0) is 22.6 Å². The Morgan fingerprint density at radius 3 is 2.84 bits per heavy atom. The van der Waals surface area contributed by atoms with E-state index < -0.39 is 0 Å². The number of benzene rings is 1. The van der Waals surface area contributed by atoms with E-state index in [0.717, 1.165) is 42.3 Å². The lowest BCUT2D eigenvalue weighted by molar-refractivity contribution is -0.122. The van der Waals surface area contributed by atoms with Crippen LogP contribution in [0, 0.1) is 5.92 Å². The number of nitrogens with one attached hydrogen (secondary N) is 2. The first-order valence-electron chi connectivity index (χ1n) is 10.9. The highest BCUT2D eigenvalue weighted by molar-refractivity contribution is 6.00. The summed E-state index contributed by atoms with van der Waals surface area (Å²) in [5, 5.41) is 6.87. The minimum Gasteiger partial charge on any atom is -0.467 e. The van der Waals surface area contributed by atoms with E-state index in [1.807, 2.05) is 41.8 Å². The Hall–Kier alpha value is -3.06. The Bertz CT molecular complexity index is 1050. The highest BCUT2D eigenvalue weighted by Gasteiger charge is 2.27. The maximum absolute atomic E-state index is 12.8. The zero-order valence-electron chi connectivity index (χ0n) is 18.0. The summed E-state index contributed by atoms with van der Waals surface area (Å²) < 4.78 is 12.7. The molecule has 0 radical (unpaired) electrons. The summed E-state index contributed by atoms with van der Waals surface area (Å²) in [6.07, 6.45) is 5.42. The number of methoxy groups -OCH3 is 1. The van der Waals surface area contributed by atoms with Crippen molar-refractivity contribution in [1.29, 1.82) is 0 Å². The molecule has 0 spiro atoms. The number of nitrogens with zero attached hydrogens (tertiary/aromatic N) is 1. The molecule has 2 atom stereocenters. The summed E-state index contributed by atoms with van der Waals surface area (Å²) in [5.74, 6) is 0.550. The van der Waals surface area contributed by atoms with Gasteiger partial charge in [-0.05, 0) is 62.6 Å². The molecule has 1 saturated carbocycles. The Morgan fingerprint density at radius 2 is 2.10 bits per heavy atom. The molecule has 3 aromatic rings. The van der Waals surface area contributed by atoms with Gasteiger partial charge in [-0.15, -0.1) is 0 Å². The lowest BCUT2D eigenvalue weighted by atomic mass is 9.86. The van der Waals surface area contributed by atoms with Crippen LogP contribution in [0.2, 0.25) is 0 Å². The van der Waals surface area contributed by atoms with Gasteiger partial charge in [-0.3, -0.25) is 9.59 Å². The fraction of sp³-hybridized carbons (Fsp3) is 0.417. The molecular formula is C24H29N3O4. The maximum Gasteiger partial charge on any atom is 0.268 e. The van der Waals surface area contributed by atoms with E-state index in [1.165, 1.54) is 0 Å². The topological polar surface area (TPSA) is 85.5 Å². The molecule has 164 valence electrons. The van der Waals surface area contributed by atoms with Crippen LogP contribution < -0.4 is 10.6 Å². The van der Waals surface area contributed by atoms with E-state index in [-0.39, 0.29) is 23.8 Å². The first-order chi connectivity index (χ1) is 15.1.